The lowest BCUT2D eigenvalue weighted by atomic mass is 10.0. The first-order valence-corrected chi connectivity index (χ1v) is 5.96. The molecule has 0 radical (unpaired) electrons. The molecule has 0 spiro atoms. The zero-order valence-corrected chi connectivity index (χ0v) is 10.4. The molecule has 0 fully saturated rings. The van der Waals surface area contributed by atoms with Gasteiger partial charge in [0.25, 0.3) is 0 Å². The molecular weight excluding hydrogens is 196 g/mol. The molecule has 16 heavy (non-hydrogen) atoms. The van der Waals surface area contributed by atoms with Gasteiger partial charge in [0.05, 0.1) is 6.61 Å². The van der Waals surface area contributed by atoms with Crippen molar-refractivity contribution in [3.8, 4) is 17.6 Å². The second kappa shape index (κ2) is 6.95. The molecule has 1 atom stereocenters. The molecule has 0 aromatic heterocycles. The summed E-state index contributed by atoms with van der Waals surface area (Å²) in [6, 6.07) is 8.29. The molecule has 0 N–H and O–H groups in total. The van der Waals surface area contributed by atoms with Crippen LogP contribution < -0.4 is 4.74 Å². The maximum absolute atomic E-state index is 5.40. The minimum atomic E-state index is 0.429. The number of benzene rings is 1. The van der Waals surface area contributed by atoms with Gasteiger partial charge in [0.15, 0.2) is 0 Å². The van der Waals surface area contributed by atoms with Crippen molar-refractivity contribution >= 4 is 0 Å². The molecule has 86 valence electrons. The van der Waals surface area contributed by atoms with E-state index in [4.69, 9.17) is 4.74 Å². The fourth-order valence-corrected chi connectivity index (χ4v) is 1.57. The highest BCUT2D eigenvalue weighted by Gasteiger charge is 2.00. The Morgan fingerprint density at radius 3 is 2.44 bits per heavy atom. The first-order chi connectivity index (χ1) is 7.76. The van der Waals surface area contributed by atoms with Crippen LogP contribution >= 0.6 is 0 Å². The van der Waals surface area contributed by atoms with Crippen molar-refractivity contribution in [1.29, 1.82) is 0 Å². The minimum absolute atomic E-state index is 0.429. The van der Waals surface area contributed by atoms with Gasteiger partial charge in [0, 0.05) is 12.3 Å². The molecule has 0 aliphatic heterocycles. The van der Waals surface area contributed by atoms with Crippen molar-refractivity contribution in [2.24, 2.45) is 5.92 Å². The van der Waals surface area contributed by atoms with Crippen molar-refractivity contribution in [2.75, 3.05) is 6.61 Å². The second-order valence-electron chi connectivity index (χ2n) is 3.86. The Bertz CT molecular complexity index is 353. The van der Waals surface area contributed by atoms with Gasteiger partial charge in [-0.2, -0.15) is 0 Å². The molecule has 0 aliphatic rings. The summed E-state index contributed by atoms with van der Waals surface area (Å²) in [5, 5.41) is 0. The summed E-state index contributed by atoms with van der Waals surface area (Å²) in [6.45, 7) is 6.96. The molecule has 1 rings (SSSR count). The molecule has 0 saturated carbocycles. The van der Waals surface area contributed by atoms with Gasteiger partial charge in [0.2, 0.25) is 0 Å². The summed E-state index contributed by atoms with van der Waals surface area (Å²) in [4.78, 5) is 0. The highest BCUT2D eigenvalue weighted by atomic mass is 16.5. The van der Waals surface area contributed by atoms with Crippen LogP contribution in [0.3, 0.4) is 0 Å². The van der Waals surface area contributed by atoms with Crippen molar-refractivity contribution in [3.05, 3.63) is 29.8 Å². The quantitative estimate of drug-likeness (QED) is 0.698. The first-order valence-electron chi connectivity index (χ1n) is 5.96. The van der Waals surface area contributed by atoms with E-state index < -0.39 is 0 Å². The molecule has 1 nitrogen and oxygen atoms in total. The van der Waals surface area contributed by atoms with Crippen LogP contribution in [0.15, 0.2) is 24.3 Å². The Kier molecular flexibility index (Phi) is 5.50. The summed E-state index contributed by atoms with van der Waals surface area (Å²) in [7, 11) is 0. The Labute approximate surface area is 98.8 Å². The van der Waals surface area contributed by atoms with Crippen LogP contribution in [0.1, 0.15) is 32.8 Å². The summed E-state index contributed by atoms with van der Waals surface area (Å²) in [6.07, 6.45) is 1.95. The van der Waals surface area contributed by atoms with Crippen molar-refractivity contribution < 1.29 is 4.74 Å². The molecule has 0 bridgehead atoms. The van der Waals surface area contributed by atoms with E-state index in [1.165, 1.54) is 5.56 Å². The average molecular weight is 216 g/mol. The summed E-state index contributed by atoms with van der Waals surface area (Å²) >= 11 is 0. The van der Waals surface area contributed by atoms with Gasteiger partial charge in [-0.3, -0.25) is 0 Å². The normalized spacial score (nSPS) is 11.4. The monoisotopic (exact) mass is 216 g/mol. The zero-order chi connectivity index (χ0) is 11.8. The third-order valence-electron chi connectivity index (χ3n) is 2.30. The second-order valence-corrected chi connectivity index (χ2v) is 3.86. The molecule has 0 heterocycles. The van der Waals surface area contributed by atoms with Crippen molar-refractivity contribution in [3.63, 3.8) is 0 Å². The fraction of sp³-hybridized carbons (Fsp3) is 0.467. The third-order valence-corrected chi connectivity index (χ3v) is 2.30. The SMILES string of the molecule is CCC#CC(C)Cc1ccc(OCC)cc1. The van der Waals surface area contributed by atoms with E-state index in [0.717, 1.165) is 25.2 Å². The van der Waals surface area contributed by atoms with Crippen LogP contribution in [0.5, 0.6) is 5.75 Å². The third kappa shape index (κ3) is 4.40. The standard InChI is InChI=1S/C15H20O/c1-4-6-7-13(3)12-14-8-10-15(11-9-14)16-5-2/h8-11,13H,4-5,12H2,1-3H3. The lowest BCUT2D eigenvalue weighted by molar-refractivity contribution is 0.340. The van der Waals surface area contributed by atoms with Gasteiger partial charge in [-0.15, -0.1) is 5.92 Å². The maximum Gasteiger partial charge on any atom is 0.119 e. The van der Waals surface area contributed by atoms with E-state index in [1.807, 2.05) is 19.1 Å². The van der Waals surface area contributed by atoms with E-state index in [9.17, 15) is 0 Å². The maximum atomic E-state index is 5.40. The van der Waals surface area contributed by atoms with Crippen LogP contribution in [0.25, 0.3) is 0 Å². The van der Waals surface area contributed by atoms with E-state index in [1.54, 1.807) is 0 Å². The Morgan fingerprint density at radius 2 is 1.88 bits per heavy atom. The van der Waals surface area contributed by atoms with Gasteiger partial charge in [-0.1, -0.05) is 31.9 Å². The number of hydrogen-bond acceptors (Lipinski definition) is 1. The molecular formula is C15H20O. The molecule has 0 amide bonds. The number of rotatable bonds is 4. The first kappa shape index (κ1) is 12.6. The topological polar surface area (TPSA) is 9.23 Å². The van der Waals surface area contributed by atoms with E-state index >= 15 is 0 Å². The van der Waals surface area contributed by atoms with Crippen LogP contribution in [-0.2, 0) is 6.42 Å². The Balaban J connectivity index is 2.54. The minimum Gasteiger partial charge on any atom is -0.494 e. The van der Waals surface area contributed by atoms with Crippen LogP contribution in [0.2, 0.25) is 0 Å². The van der Waals surface area contributed by atoms with Crippen LogP contribution in [0.4, 0.5) is 0 Å². The number of ether oxygens (including phenoxy) is 1. The van der Waals surface area contributed by atoms with Gasteiger partial charge < -0.3 is 4.74 Å². The highest BCUT2D eigenvalue weighted by molar-refractivity contribution is 5.28. The lowest BCUT2D eigenvalue weighted by Crippen LogP contribution is -1.97. The van der Waals surface area contributed by atoms with Crippen LogP contribution in [0, 0.1) is 17.8 Å². The van der Waals surface area contributed by atoms with E-state index in [0.29, 0.717) is 5.92 Å². The average Bonchev–Trinajstić information content (AvgIpc) is 2.29. The summed E-state index contributed by atoms with van der Waals surface area (Å²) in [5.41, 5.74) is 1.32. The largest absolute Gasteiger partial charge is 0.494 e. The molecule has 1 aromatic carbocycles. The van der Waals surface area contributed by atoms with Crippen molar-refractivity contribution in [2.45, 2.75) is 33.6 Å². The molecule has 0 aliphatic carbocycles. The zero-order valence-electron chi connectivity index (χ0n) is 10.4. The molecule has 0 saturated heterocycles. The summed E-state index contributed by atoms with van der Waals surface area (Å²) < 4.78 is 5.40. The molecule has 1 unspecified atom stereocenters. The Hall–Kier alpha value is -1.42. The van der Waals surface area contributed by atoms with Crippen molar-refractivity contribution in [1.82, 2.24) is 0 Å². The lowest BCUT2D eigenvalue weighted by Gasteiger charge is -2.06. The Morgan fingerprint density at radius 1 is 1.19 bits per heavy atom. The van der Waals surface area contributed by atoms with Gasteiger partial charge in [0.1, 0.15) is 5.75 Å². The number of hydrogen-bond donors (Lipinski definition) is 0. The van der Waals surface area contributed by atoms with Crippen LogP contribution in [-0.4, -0.2) is 6.61 Å². The van der Waals surface area contributed by atoms with E-state index in [2.05, 4.69) is 37.8 Å². The fourth-order valence-electron chi connectivity index (χ4n) is 1.57. The molecule has 1 heteroatoms. The smallest absolute Gasteiger partial charge is 0.119 e. The summed E-state index contributed by atoms with van der Waals surface area (Å²) in [5.74, 6) is 7.74. The van der Waals surface area contributed by atoms with E-state index in [-0.39, 0.29) is 0 Å². The predicted octanol–water partition coefficient (Wildman–Crippen LogP) is 3.68. The predicted molar refractivity (Wildman–Crippen MR) is 68.5 cm³/mol. The molecule has 1 aromatic rings. The van der Waals surface area contributed by atoms with Gasteiger partial charge in [-0.05, 0) is 31.0 Å². The highest BCUT2D eigenvalue weighted by Crippen LogP contribution is 2.14. The van der Waals surface area contributed by atoms with Gasteiger partial charge in [-0.25, -0.2) is 0 Å². The van der Waals surface area contributed by atoms with Gasteiger partial charge >= 0.3 is 0 Å².